The van der Waals surface area contributed by atoms with Crippen molar-refractivity contribution in [2.24, 2.45) is 0 Å². The van der Waals surface area contributed by atoms with E-state index in [1.54, 1.807) is 45.1 Å². The third kappa shape index (κ3) is 4.82. The maximum absolute atomic E-state index is 12.2. The first-order chi connectivity index (χ1) is 11.1. The van der Waals surface area contributed by atoms with E-state index >= 15 is 0 Å². The zero-order valence-corrected chi connectivity index (χ0v) is 15.2. The molecule has 0 saturated heterocycles. The van der Waals surface area contributed by atoms with Gasteiger partial charge in [-0.15, -0.1) is 0 Å². The largest absolute Gasteiger partial charge is 0.444 e. The van der Waals surface area contributed by atoms with Gasteiger partial charge in [0.05, 0.1) is 17.5 Å². The zero-order chi connectivity index (χ0) is 18.0. The Morgan fingerprint density at radius 2 is 1.88 bits per heavy atom. The van der Waals surface area contributed by atoms with Gasteiger partial charge in [-0.3, -0.25) is 9.08 Å². The average Bonchev–Trinajstić information content (AvgIpc) is 2.92. The van der Waals surface area contributed by atoms with Crippen LogP contribution in [0.5, 0.6) is 0 Å². The van der Waals surface area contributed by atoms with E-state index in [0.29, 0.717) is 6.54 Å². The van der Waals surface area contributed by atoms with E-state index in [0.717, 1.165) is 5.56 Å². The van der Waals surface area contributed by atoms with Gasteiger partial charge < -0.3 is 4.74 Å². The van der Waals surface area contributed by atoms with Crippen LogP contribution < -0.4 is 0 Å². The third-order valence-corrected chi connectivity index (χ3v) is 4.69. The van der Waals surface area contributed by atoms with Crippen molar-refractivity contribution in [3.05, 3.63) is 42.0 Å². The van der Waals surface area contributed by atoms with Crippen LogP contribution in [0.1, 0.15) is 26.3 Å². The maximum Gasteiger partial charge on any atom is 0.411 e. The molecule has 0 fully saturated rings. The standard InChI is InChI=1S/C17H23NO5S/c1-13-7-9-15(10-8-13)24(20,21)22-12-14-6-5-11-18(14)16(19)23-17(2,3)4/h5-10,14H,11-12H2,1-4H3/t14-/m0/s1. The van der Waals surface area contributed by atoms with Crippen LogP contribution in [0, 0.1) is 6.92 Å². The molecule has 0 spiro atoms. The minimum absolute atomic E-state index is 0.0962. The van der Waals surface area contributed by atoms with Crippen molar-refractivity contribution >= 4 is 16.2 Å². The number of hydrogen-bond acceptors (Lipinski definition) is 5. The van der Waals surface area contributed by atoms with Gasteiger partial charge in [-0.1, -0.05) is 29.8 Å². The van der Waals surface area contributed by atoms with Crippen molar-refractivity contribution in [1.82, 2.24) is 4.90 Å². The molecule has 1 aromatic rings. The lowest BCUT2D eigenvalue weighted by Crippen LogP contribution is -2.42. The molecular weight excluding hydrogens is 330 g/mol. The minimum atomic E-state index is -3.86. The second-order valence-corrected chi connectivity index (χ2v) is 8.30. The van der Waals surface area contributed by atoms with Gasteiger partial charge in [-0.2, -0.15) is 8.42 Å². The van der Waals surface area contributed by atoms with Crippen LogP contribution in [0.2, 0.25) is 0 Å². The van der Waals surface area contributed by atoms with Gasteiger partial charge in [0.2, 0.25) is 0 Å². The molecule has 1 heterocycles. The lowest BCUT2D eigenvalue weighted by atomic mass is 10.2. The normalized spacial score (nSPS) is 18.0. The third-order valence-electron chi connectivity index (χ3n) is 3.39. The molecule has 1 aromatic carbocycles. The molecule has 0 N–H and O–H groups in total. The van der Waals surface area contributed by atoms with Gasteiger partial charge in [0.15, 0.2) is 0 Å². The molecule has 7 heteroatoms. The summed E-state index contributed by atoms with van der Waals surface area (Å²) in [5.41, 5.74) is 0.350. The highest BCUT2D eigenvalue weighted by Gasteiger charge is 2.30. The van der Waals surface area contributed by atoms with Crippen molar-refractivity contribution < 1.29 is 22.1 Å². The molecule has 0 bridgehead atoms. The molecule has 6 nitrogen and oxygen atoms in total. The number of amides is 1. The van der Waals surface area contributed by atoms with Gasteiger partial charge in [-0.25, -0.2) is 4.79 Å². The lowest BCUT2D eigenvalue weighted by Gasteiger charge is -2.28. The summed E-state index contributed by atoms with van der Waals surface area (Å²) in [6.07, 6.45) is 3.04. The summed E-state index contributed by atoms with van der Waals surface area (Å²) in [7, 11) is -3.86. The highest BCUT2D eigenvalue weighted by Crippen LogP contribution is 2.19. The van der Waals surface area contributed by atoms with E-state index in [4.69, 9.17) is 8.92 Å². The van der Waals surface area contributed by atoms with Crippen molar-refractivity contribution in [3.63, 3.8) is 0 Å². The first kappa shape index (κ1) is 18.5. The van der Waals surface area contributed by atoms with Gasteiger partial charge in [0.25, 0.3) is 10.1 Å². The van der Waals surface area contributed by atoms with E-state index in [2.05, 4.69) is 0 Å². The number of rotatable bonds is 4. The van der Waals surface area contributed by atoms with E-state index in [1.807, 2.05) is 6.92 Å². The molecule has 0 unspecified atom stereocenters. The Kier molecular flexibility index (Phi) is 5.35. The van der Waals surface area contributed by atoms with Crippen molar-refractivity contribution in [1.29, 1.82) is 0 Å². The fourth-order valence-corrected chi connectivity index (χ4v) is 3.10. The Hall–Kier alpha value is -1.86. The molecule has 0 aromatic heterocycles. The molecule has 132 valence electrons. The zero-order valence-electron chi connectivity index (χ0n) is 14.4. The van der Waals surface area contributed by atoms with Crippen LogP contribution in [0.4, 0.5) is 4.79 Å². The van der Waals surface area contributed by atoms with Crippen LogP contribution in [0.15, 0.2) is 41.3 Å². The molecule has 1 atom stereocenters. The van der Waals surface area contributed by atoms with Crippen LogP contribution in [-0.4, -0.2) is 44.2 Å². The molecule has 1 aliphatic rings. The number of benzene rings is 1. The van der Waals surface area contributed by atoms with Gasteiger partial charge in [0, 0.05) is 6.54 Å². The lowest BCUT2D eigenvalue weighted by molar-refractivity contribution is 0.0209. The highest BCUT2D eigenvalue weighted by atomic mass is 32.2. The Balaban J connectivity index is 2.01. The summed E-state index contributed by atoms with van der Waals surface area (Å²) < 4.78 is 34.9. The Labute approximate surface area is 143 Å². The van der Waals surface area contributed by atoms with Gasteiger partial charge >= 0.3 is 6.09 Å². The first-order valence-electron chi connectivity index (χ1n) is 7.71. The van der Waals surface area contributed by atoms with E-state index in [-0.39, 0.29) is 11.5 Å². The summed E-state index contributed by atoms with van der Waals surface area (Å²) in [5, 5.41) is 0. The maximum atomic E-state index is 12.2. The summed E-state index contributed by atoms with van der Waals surface area (Å²) in [6, 6.07) is 5.94. The number of ether oxygens (including phenoxy) is 1. The fourth-order valence-electron chi connectivity index (χ4n) is 2.18. The molecule has 24 heavy (non-hydrogen) atoms. The van der Waals surface area contributed by atoms with E-state index < -0.39 is 27.9 Å². The van der Waals surface area contributed by atoms with Crippen molar-refractivity contribution in [3.8, 4) is 0 Å². The van der Waals surface area contributed by atoms with E-state index in [1.165, 1.54) is 17.0 Å². The smallest absolute Gasteiger partial charge is 0.411 e. The summed E-state index contributed by atoms with van der Waals surface area (Å²) in [5.74, 6) is 0. The Morgan fingerprint density at radius 3 is 2.46 bits per heavy atom. The molecule has 1 amide bonds. The van der Waals surface area contributed by atoms with Crippen LogP contribution in [0.25, 0.3) is 0 Å². The molecule has 0 aliphatic carbocycles. The Bertz CT molecular complexity index is 716. The molecule has 0 saturated carbocycles. The topological polar surface area (TPSA) is 72.9 Å². The number of carbonyl (C=O) groups is 1. The van der Waals surface area contributed by atoms with Gasteiger partial charge in [0.1, 0.15) is 5.60 Å². The van der Waals surface area contributed by atoms with Crippen molar-refractivity contribution in [2.45, 2.75) is 44.2 Å². The second-order valence-electron chi connectivity index (χ2n) is 6.68. The SMILES string of the molecule is Cc1ccc(S(=O)(=O)OC[C@@H]2C=CCN2C(=O)OC(C)(C)C)cc1. The average molecular weight is 353 g/mol. The first-order valence-corrected chi connectivity index (χ1v) is 9.12. The quantitative estimate of drug-likeness (QED) is 0.615. The van der Waals surface area contributed by atoms with Gasteiger partial charge in [-0.05, 0) is 39.8 Å². The second kappa shape index (κ2) is 6.94. The predicted molar refractivity (Wildman–Crippen MR) is 90.2 cm³/mol. The monoisotopic (exact) mass is 353 g/mol. The number of nitrogens with zero attached hydrogens (tertiary/aromatic N) is 1. The highest BCUT2D eigenvalue weighted by molar-refractivity contribution is 7.86. The van der Waals surface area contributed by atoms with Crippen LogP contribution >= 0.6 is 0 Å². The minimum Gasteiger partial charge on any atom is -0.444 e. The molecular formula is C17H23NO5S. The fraction of sp³-hybridized carbons (Fsp3) is 0.471. The number of aryl methyl sites for hydroxylation is 1. The molecule has 2 rings (SSSR count). The number of hydrogen-bond donors (Lipinski definition) is 0. The van der Waals surface area contributed by atoms with Crippen molar-refractivity contribution in [2.75, 3.05) is 13.2 Å². The number of carbonyl (C=O) groups excluding carboxylic acids is 1. The Morgan fingerprint density at radius 1 is 1.25 bits per heavy atom. The van der Waals surface area contributed by atoms with Crippen LogP contribution in [0.3, 0.4) is 0 Å². The molecule has 1 aliphatic heterocycles. The molecule has 0 radical (unpaired) electrons. The summed E-state index contributed by atoms with van der Waals surface area (Å²) in [6.45, 7) is 7.43. The summed E-state index contributed by atoms with van der Waals surface area (Å²) >= 11 is 0. The van der Waals surface area contributed by atoms with Crippen LogP contribution in [-0.2, 0) is 19.0 Å². The summed E-state index contributed by atoms with van der Waals surface area (Å²) in [4.78, 5) is 13.7. The predicted octanol–water partition coefficient (Wildman–Crippen LogP) is 2.88. The van der Waals surface area contributed by atoms with E-state index in [9.17, 15) is 13.2 Å².